The zero-order valence-electron chi connectivity index (χ0n) is 9.91. The largest absolute Gasteiger partial charge is 0.497 e. The predicted octanol–water partition coefficient (Wildman–Crippen LogP) is 2.08. The second kappa shape index (κ2) is 3.81. The van der Waals surface area contributed by atoms with E-state index < -0.39 is 0 Å². The molecular formula is C13H17NO2. The maximum Gasteiger partial charge on any atom is 0.221 e. The molecule has 0 saturated carbocycles. The second-order valence-electron chi connectivity index (χ2n) is 4.80. The summed E-state index contributed by atoms with van der Waals surface area (Å²) in [5, 5.41) is 3.00. The molecule has 86 valence electrons. The highest BCUT2D eigenvalue weighted by atomic mass is 16.5. The molecular weight excluding hydrogens is 202 g/mol. The number of benzene rings is 1. The van der Waals surface area contributed by atoms with Crippen molar-refractivity contribution in [3.05, 3.63) is 29.8 Å². The smallest absolute Gasteiger partial charge is 0.221 e. The Labute approximate surface area is 95.8 Å². The van der Waals surface area contributed by atoms with E-state index in [2.05, 4.69) is 25.2 Å². The van der Waals surface area contributed by atoms with Crippen molar-refractivity contribution in [2.24, 2.45) is 0 Å². The van der Waals surface area contributed by atoms with E-state index in [0.29, 0.717) is 6.42 Å². The lowest BCUT2D eigenvalue weighted by Crippen LogP contribution is -2.38. The fourth-order valence-corrected chi connectivity index (χ4v) is 2.33. The van der Waals surface area contributed by atoms with Gasteiger partial charge in [0.2, 0.25) is 5.91 Å². The van der Waals surface area contributed by atoms with Crippen LogP contribution in [0.1, 0.15) is 31.7 Å². The van der Waals surface area contributed by atoms with Gasteiger partial charge in [0.05, 0.1) is 7.11 Å². The number of hydrogen-bond acceptors (Lipinski definition) is 2. The first kappa shape index (κ1) is 11.0. The van der Waals surface area contributed by atoms with Gasteiger partial charge in [0, 0.05) is 17.9 Å². The molecule has 16 heavy (non-hydrogen) atoms. The van der Waals surface area contributed by atoms with Gasteiger partial charge in [0.15, 0.2) is 0 Å². The molecule has 1 unspecified atom stereocenters. The van der Waals surface area contributed by atoms with Crippen molar-refractivity contribution >= 4 is 5.91 Å². The molecule has 0 aliphatic carbocycles. The Balaban J connectivity index is 2.33. The third-order valence-corrected chi connectivity index (χ3v) is 3.22. The predicted molar refractivity (Wildman–Crippen MR) is 62.6 cm³/mol. The van der Waals surface area contributed by atoms with Crippen molar-refractivity contribution in [3.63, 3.8) is 0 Å². The molecule has 3 nitrogen and oxygen atoms in total. The maximum atomic E-state index is 11.5. The molecule has 1 aromatic carbocycles. The Morgan fingerprint density at radius 2 is 2.19 bits per heavy atom. The van der Waals surface area contributed by atoms with Crippen LogP contribution in [0.4, 0.5) is 0 Å². The number of hydrogen-bond donors (Lipinski definition) is 1. The zero-order valence-corrected chi connectivity index (χ0v) is 9.91. The molecule has 3 heteroatoms. The summed E-state index contributed by atoms with van der Waals surface area (Å²) >= 11 is 0. The highest BCUT2D eigenvalue weighted by molar-refractivity contribution is 5.81. The minimum Gasteiger partial charge on any atom is -0.497 e. The Morgan fingerprint density at radius 1 is 1.44 bits per heavy atom. The monoisotopic (exact) mass is 219 g/mol. The van der Waals surface area contributed by atoms with Crippen LogP contribution in [-0.2, 0) is 4.79 Å². The molecule has 0 radical (unpaired) electrons. The highest BCUT2D eigenvalue weighted by Crippen LogP contribution is 2.36. The highest BCUT2D eigenvalue weighted by Gasteiger charge is 2.39. The number of methoxy groups -OCH3 is 1. The van der Waals surface area contributed by atoms with Crippen LogP contribution in [0.25, 0.3) is 0 Å². The molecule has 1 amide bonds. The summed E-state index contributed by atoms with van der Waals surface area (Å²) in [7, 11) is 1.66. The van der Waals surface area contributed by atoms with Gasteiger partial charge in [-0.25, -0.2) is 0 Å². The molecule has 1 aliphatic rings. The second-order valence-corrected chi connectivity index (χ2v) is 4.80. The minimum absolute atomic E-state index is 0.123. The minimum atomic E-state index is -0.177. The van der Waals surface area contributed by atoms with Crippen molar-refractivity contribution in [2.45, 2.75) is 31.7 Å². The zero-order chi connectivity index (χ0) is 11.8. The van der Waals surface area contributed by atoms with Gasteiger partial charge in [-0.1, -0.05) is 12.1 Å². The lowest BCUT2D eigenvalue weighted by molar-refractivity contribution is -0.119. The molecule has 1 N–H and O–H groups in total. The first-order valence-corrected chi connectivity index (χ1v) is 5.48. The van der Waals surface area contributed by atoms with Crippen molar-refractivity contribution < 1.29 is 9.53 Å². The first-order valence-electron chi connectivity index (χ1n) is 5.48. The summed E-state index contributed by atoms with van der Waals surface area (Å²) in [5.41, 5.74) is 0.978. The van der Waals surface area contributed by atoms with Crippen LogP contribution in [0, 0.1) is 0 Å². The molecule has 1 heterocycles. The third kappa shape index (κ3) is 1.90. The van der Waals surface area contributed by atoms with E-state index >= 15 is 0 Å². The van der Waals surface area contributed by atoms with Gasteiger partial charge in [0.25, 0.3) is 0 Å². The number of carbonyl (C=O) groups excluding carboxylic acids is 1. The number of amides is 1. The Hall–Kier alpha value is -1.51. The van der Waals surface area contributed by atoms with Gasteiger partial charge in [-0.15, -0.1) is 0 Å². The molecule has 1 atom stereocenters. The first-order chi connectivity index (χ1) is 7.53. The number of nitrogens with one attached hydrogen (secondary N) is 1. The van der Waals surface area contributed by atoms with Crippen LogP contribution in [-0.4, -0.2) is 18.6 Å². The summed E-state index contributed by atoms with van der Waals surface area (Å²) in [4.78, 5) is 11.5. The van der Waals surface area contributed by atoms with Gasteiger partial charge in [-0.3, -0.25) is 4.79 Å². The van der Waals surface area contributed by atoms with Gasteiger partial charge in [0.1, 0.15) is 5.75 Å². The van der Waals surface area contributed by atoms with Crippen molar-refractivity contribution in [1.82, 2.24) is 5.32 Å². The molecule has 0 bridgehead atoms. The van der Waals surface area contributed by atoms with Crippen LogP contribution < -0.4 is 10.1 Å². The fraction of sp³-hybridized carbons (Fsp3) is 0.462. The van der Waals surface area contributed by atoms with Gasteiger partial charge < -0.3 is 10.1 Å². The third-order valence-electron chi connectivity index (χ3n) is 3.22. The Morgan fingerprint density at radius 3 is 2.75 bits per heavy atom. The number of rotatable bonds is 2. The van der Waals surface area contributed by atoms with Crippen LogP contribution in [0.5, 0.6) is 5.75 Å². The molecule has 0 aromatic heterocycles. The standard InChI is InChI=1S/C13H17NO2/c1-13(2)11(8-12(15)14-13)9-5-4-6-10(7-9)16-3/h4-7,11H,8H2,1-3H3,(H,14,15). The van der Waals surface area contributed by atoms with Gasteiger partial charge >= 0.3 is 0 Å². The molecule has 1 fully saturated rings. The molecule has 1 aliphatic heterocycles. The van der Waals surface area contributed by atoms with E-state index in [-0.39, 0.29) is 17.4 Å². The van der Waals surface area contributed by atoms with E-state index in [1.807, 2.05) is 18.2 Å². The van der Waals surface area contributed by atoms with Crippen molar-refractivity contribution in [2.75, 3.05) is 7.11 Å². The van der Waals surface area contributed by atoms with E-state index in [4.69, 9.17) is 4.74 Å². The van der Waals surface area contributed by atoms with Crippen molar-refractivity contribution in [3.8, 4) is 5.75 Å². The number of carbonyl (C=O) groups is 1. The SMILES string of the molecule is COc1cccc(C2CC(=O)NC2(C)C)c1. The maximum absolute atomic E-state index is 11.5. The Bertz CT molecular complexity index is 412. The van der Waals surface area contributed by atoms with Crippen LogP contribution in [0.3, 0.4) is 0 Å². The summed E-state index contributed by atoms with van der Waals surface area (Å²) in [6, 6.07) is 7.94. The Kier molecular flexibility index (Phi) is 2.62. The summed E-state index contributed by atoms with van der Waals surface area (Å²) in [5.74, 6) is 1.18. The fourth-order valence-electron chi connectivity index (χ4n) is 2.33. The summed E-state index contributed by atoms with van der Waals surface area (Å²) in [6.07, 6.45) is 0.556. The van der Waals surface area contributed by atoms with E-state index in [1.165, 1.54) is 0 Å². The lowest BCUT2D eigenvalue weighted by atomic mass is 9.83. The summed E-state index contributed by atoms with van der Waals surface area (Å²) < 4.78 is 5.20. The lowest BCUT2D eigenvalue weighted by Gasteiger charge is -2.26. The van der Waals surface area contributed by atoms with Crippen LogP contribution in [0.2, 0.25) is 0 Å². The van der Waals surface area contributed by atoms with E-state index in [9.17, 15) is 4.79 Å². The summed E-state index contributed by atoms with van der Waals surface area (Å²) in [6.45, 7) is 4.12. The molecule has 2 rings (SSSR count). The number of ether oxygens (including phenoxy) is 1. The quantitative estimate of drug-likeness (QED) is 0.827. The van der Waals surface area contributed by atoms with Crippen LogP contribution >= 0.6 is 0 Å². The molecule has 1 saturated heterocycles. The average Bonchev–Trinajstić information content (AvgIpc) is 2.52. The topological polar surface area (TPSA) is 38.3 Å². The van der Waals surface area contributed by atoms with Crippen LogP contribution in [0.15, 0.2) is 24.3 Å². The molecule has 1 aromatic rings. The average molecular weight is 219 g/mol. The van der Waals surface area contributed by atoms with Crippen molar-refractivity contribution in [1.29, 1.82) is 0 Å². The van der Waals surface area contributed by atoms with Gasteiger partial charge in [-0.05, 0) is 31.5 Å². The normalized spacial score (nSPS) is 22.9. The van der Waals surface area contributed by atoms with Gasteiger partial charge in [-0.2, -0.15) is 0 Å². The van der Waals surface area contributed by atoms with E-state index in [0.717, 1.165) is 11.3 Å². The van der Waals surface area contributed by atoms with E-state index in [1.54, 1.807) is 7.11 Å². The molecule has 0 spiro atoms.